The van der Waals surface area contributed by atoms with E-state index < -0.39 is 0 Å². The number of aromatic nitrogens is 5. The third-order valence-electron chi connectivity index (χ3n) is 3.22. The molecular formula is C15H24N8O. The van der Waals surface area contributed by atoms with E-state index in [2.05, 4.69) is 43.2 Å². The summed E-state index contributed by atoms with van der Waals surface area (Å²) in [4.78, 5) is 20.6. The molecule has 0 unspecified atom stereocenters. The molecule has 0 aliphatic heterocycles. The van der Waals surface area contributed by atoms with Gasteiger partial charge in [0.05, 0.1) is 6.20 Å². The van der Waals surface area contributed by atoms with Gasteiger partial charge in [-0.1, -0.05) is 18.6 Å². The fourth-order valence-corrected chi connectivity index (χ4v) is 2.10. The lowest BCUT2D eigenvalue weighted by Crippen LogP contribution is -2.32. The molecule has 9 heteroatoms. The second kappa shape index (κ2) is 8.80. The minimum absolute atomic E-state index is 0.320. The van der Waals surface area contributed by atoms with E-state index in [9.17, 15) is 4.79 Å². The number of carbonyl (C=O) groups is 1. The maximum Gasteiger partial charge on any atom is 0.320 e. The van der Waals surface area contributed by atoms with Gasteiger partial charge in [0.2, 0.25) is 0 Å². The first-order chi connectivity index (χ1) is 11.6. The Labute approximate surface area is 141 Å². The molecule has 0 bridgehead atoms. The summed E-state index contributed by atoms with van der Waals surface area (Å²) >= 11 is 0. The maximum absolute atomic E-state index is 11.7. The monoisotopic (exact) mass is 332 g/mol. The van der Waals surface area contributed by atoms with Crippen molar-refractivity contribution in [3.8, 4) is 0 Å². The number of rotatable bonds is 8. The molecule has 3 N–H and O–H groups in total. The van der Waals surface area contributed by atoms with Crippen LogP contribution in [0.25, 0.3) is 0 Å². The lowest BCUT2D eigenvalue weighted by atomic mass is 10.2. The van der Waals surface area contributed by atoms with Crippen LogP contribution in [0.2, 0.25) is 0 Å². The zero-order chi connectivity index (χ0) is 17.4. The molecular weight excluding hydrogens is 308 g/mol. The highest BCUT2D eigenvalue weighted by Gasteiger charge is 2.05. The van der Waals surface area contributed by atoms with E-state index >= 15 is 0 Å². The molecule has 0 aliphatic carbocycles. The zero-order valence-electron chi connectivity index (χ0n) is 14.3. The van der Waals surface area contributed by atoms with Crippen molar-refractivity contribution >= 4 is 17.7 Å². The van der Waals surface area contributed by atoms with Crippen LogP contribution in [0.15, 0.2) is 12.3 Å². The largest absolute Gasteiger partial charge is 0.368 e. The van der Waals surface area contributed by atoms with Gasteiger partial charge in [-0.3, -0.25) is 10.00 Å². The molecule has 2 amide bonds. The average molecular weight is 332 g/mol. The van der Waals surface area contributed by atoms with E-state index in [4.69, 9.17) is 0 Å². The first kappa shape index (κ1) is 17.6. The van der Waals surface area contributed by atoms with E-state index in [1.54, 1.807) is 13.2 Å². The molecule has 0 saturated carbocycles. The van der Waals surface area contributed by atoms with Crippen LogP contribution in [0.3, 0.4) is 0 Å². The van der Waals surface area contributed by atoms with Gasteiger partial charge in [-0.05, 0) is 13.3 Å². The number of urea groups is 1. The zero-order valence-corrected chi connectivity index (χ0v) is 14.3. The van der Waals surface area contributed by atoms with Crippen LogP contribution in [0.1, 0.15) is 31.3 Å². The highest BCUT2D eigenvalue weighted by atomic mass is 16.2. The summed E-state index contributed by atoms with van der Waals surface area (Å²) in [5.74, 6) is 2.05. The molecule has 2 aromatic heterocycles. The quantitative estimate of drug-likeness (QED) is 0.632. The standard InChI is InChI=1S/C15H24N8O/c1-4-5-6-12-18-11(2)9-13(19-12)16-7-8-17-15(24)20-14-10-23(3)22-21-14/h9-10H,4-8H2,1-3H3,(H,16,18,19)(H2,17,20,24). The molecule has 0 aromatic carbocycles. The fourth-order valence-electron chi connectivity index (χ4n) is 2.10. The van der Waals surface area contributed by atoms with E-state index in [1.807, 2.05) is 13.0 Å². The van der Waals surface area contributed by atoms with Gasteiger partial charge in [0, 0.05) is 38.3 Å². The van der Waals surface area contributed by atoms with Crippen molar-refractivity contribution in [2.75, 3.05) is 23.7 Å². The number of unbranched alkanes of at least 4 members (excludes halogenated alkanes) is 1. The smallest absolute Gasteiger partial charge is 0.320 e. The van der Waals surface area contributed by atoms with E-state index in [-0.39, 0.29) is 6.03 Å². The van der Waals surface area contributed by atoms with Crippen molar-refractivity contribution in [3.63, 3.8) is 0 Å². The Hall–Kier alpha value is -2.71. The molecule has 24 heavy (non-hydrogen) atoms. The minimum atomic E-state index is -0.320. The molecule has 0 fully saturated rings. The van der Waals surface area contributed by atoms with Gasteiger partial charge < -0.3 is 10.6 Å². The molecule has 9 nitrogen and oxygen atoms in total. The van der Waals surface area contributed by atoms with Crippen molar-refractivity contribution in [1.82, 2.24) is 30.3 Å². The molecule has 2 heterocycles. The van der Waals surface area contributed by atoms with E-state index in [1.165, 1.54) is 4.68 Å². The third kappa shape index (κ3) is 5.82. The molecule has 0 atom stereocenters. The third-order valence-corrected chi connectivity index (χ3v) is 3.22. The van der Waals surface area contributed by atoms with Crippen LogP contribution in [0, 0.1) is 6.92 Å². The van der Waals surface area contributed by atoms with Crippen LogP contribution in [0.4, 0.5) is 16.4 Å². The van der Waals surface area contributed by atoms with Gasteiger partial charge in [-0.25, -0.2) is 14.8 Å². The van der Waals surface area contributed by atoms with Crippen LogP contribution in [-0.4, -0.2) is 44.1 Å². The Morgan fingerprint density at radius 3 is 2.79 bits per heavy atom. The lowest BCUT2D eigenvalue weighted by Gasteiger charge is -2.09. The summed E-state index contributed by atoms with van der Waals surface area (Å²) in [6, 6.07) is 1.58. The van der Waals surface area contributed by atoms with Gasteiger partial charge >= 0.3 is 6.03 Å². The fraction of sp³-hybridized carbons (Fsp3) is 0.533. The highest BCUT2D eigenvalue weighted by Crippen LogP contribution is 2.08. The summed E-state index contributed by atoms with van der Waals surface area (Å²) in [7, 11) is 1.73. The normalized spacial score (nSPS) is 10.5. The van der Waals surface area contributed by atoms with Gasteiger partial charge in [0.25, 0.3) is 0 Å². The minimum Gasteiger partial charge on any atom is -0.368 e. The number of carbonyl (C=O) groups excluding carboxylic acids is 1. The van der Waals surface area contributed by atoms with Crippen LogP contribution in [-0.2, 0) is 13.5 Å². The van der Waals surface area contributed by atoms with Gasteiger partial charge in [0.1, 0.15) is 11.6 Å². The molecule has 0 radical (unpaired) electrons. The number of amides is 2. The predicted octanol–water partition coefficient (Wildman–Crippen LogP) is 1.49. The molecule has 0 aliphatic rings. The van der Waals surface area contributed by atoms with Gasteiger partial charge in [0.15, 0.2) is 5.82 Å². The van der Waals surface area contributed by atoms with Crippen LogP contribution in [0.5, 0.6) is 0 Å². The van der Waals surface area contributed by atoms with Crippen LogP contribution < -0.4 is 16.0 Å². The summed E-state index contributed by atoms with van der Waals surface area (Å²) in [6.07, 6.45) is 4.70. The second-order valence-electron chi connectivity index (χ2n) is 5.50. The molecule has 2 rings (SSSR count). The number of nitrogens with zero attached hydrogens (tertiary/aromatic N) is 5. The van der Waals surface area contributed by atoms with Gasteiger partial charge in [-0.2, -0.15) is 0 Å². The predicted molar refractivity (Wildman–Crippen MR) is 91.9 cm³/mol. The lowest BCUT2D eigenvalue weighted by molar-refractivity contribution is 0.252. The Morgan fingerprint density at radius 2 is 2.08 bits per heavy atom. The molecule has 2 aromatic rings. The first-order valence-corrected chi connectivity index (χ1v) is 8.06. The van der Waals surface area contributed by atoms with Crippen molar-refractivity contribution < 1.29 is 4.79 Å². The van der Waals surface area contributed by atoms with E-state index in [0.717, 1.165) is 36.6 Å². The van der Waals surface area contributed by atoms with Crippen molar-refractivity contribution in [1.29, 1.82) is 0 Å². The highest BCUT2D eigenvalue weighted by molar-refractivity contribution is 5.87. The van der Waals surface area contributed by atoms with Gasteiger partial charge in [-0.15, -0.1) is 5.10 Å². The van der Waals surface area contributed by atoms with E-state index in [0.29, 0.717) is 18.9 Å². The van der Waals surface area contributed by atoms with Crippen molar-refractivity contribution in [2.45, 2.75) is 33.1 Å². The number of hydrogen-bond donors (Lipinski definition) is 3. The number of anilines is 2. The summed E-state index contributed by atoms with van der Waals surface area (Å²) in [5.41, 5.74) is 0.937. The maximum atomic E-state index is 11.7. The summed E-state index contributed by atoms with van der Waals surface area (Å²) in [5, 5.41) is 16.1. The second-order valence-corrected chi connectivity index (χ2v) is 5.50. The molecule has 0 spiro atoms. The Kier molecular flexibility index (Phi) is 6.47. The Balaban J connectivity index is 1.73. The Morgan fingerprint density at radius 1 is 1.25 bits per heavy atom. The number of aryl methyl sites for hydroxylation is 3. The Bertz CT molecular complexity index is 669. The summed E-state index contributed by atoms with van der Waals surface area (Å²) in [6.45, 7) is 5.12. The number of nitrogens with one attached hydrogen (secondary N) is 3. The molecule has 0 saturated heterocycles. The van der Waals surface area contributed by atoms with Crippen molar-refractivity contribution in [3.05, 3.63) is 23.8 Å². The number of hydrogen-bond acceptors (Lipinski definition) is 6. The first-order valence-electron chi connectivity index (χ1n) is 8.06. The van der Waals surface area contributed by atoms with Crippen LogP contribution >= 0.6 is 0 Å². The SMILES string of the molecule is CCCCc1nc(C)cc(NCCNC(=O)Nc2cn(C)nn2)n1. The molecule has 130 valence electrons. The van der Waals surface area contributed by atoms with Crippen molar-refractivity contribution in [2.24, 2.45) is 7.05 Å². The topological polar surface area (TPSA) is 110 Å². The summed E-state index contributed by atoms with van der Waals surface area (Å²) < 4.78 is 1.52. The average Bonchev–Trinajstić information content (AvgIpc) is 2.94.